The van der Waals surface area contributed by atoms with Crippen LogP contribution in [0.2, 0.25) is 0 Å². The highest BCUT2D eigenvalue weighted by atomic mass is 32.2. The average molecular weight is 596 g/mol. The maximum Gasteiger partial charge on any atom is 0.417 e. The van der Waals surface area contributed by atoms with Crippen LogP contribution in [0.5, 0.6) is 0 Å². The van der Waals surface area contributed by atoms with Crippen LogP contribution in [0.3, 0.4) is 0 Å². The van der Waals surface area contributed by atoms with E-state index in [1.54, 1.807) is 11.5 Å². The number of aliphatic hydroxyl groups is 2. The Labute approximate surface area is 238 Å². The third-order valence-electron chi connectivity index (χ3n) is 6.82. The van der Waals surface area contributed by atoms with Crippen LogP contribution in [-0.2, 0) is 41.0 Å². The summed E-state index contributed by atoms with van der Waals surface area (Å²) in [6.07, 6.45) is -4.43. The number of benzene rings is 2. The molecule has 1 aromatic heterocycles. The Morgan fingerprint density at radius 1 is 1.02 bits per heavy atom. The number of hydrogen-bond acceptors (Lipinski definition) is 6. The van der Waals surface area contributed by atoms with E-state index < -0.39 is 52.2 Å². The van der Waals surface area contributed by atoms with Gasteiger partial charge in [-0.15, -0.1) is 0 Å². The number of sulfone groups is 1. The van der Waals surface area contributed by atoms with E-state index in [0.29, 0.717) is 17.1 Å². The molecule has 0 aliphatic rings. The van der Waals surface area contributed by atoms with E-state index in [1.807, 2.05) is 20.8 Å². The Balaban J connectivity index is 2.05. The Bertz CT molecular complexity index is 1490. The van der Waals surface area contributed by atoms with Crippen molar-refractivity contribution in [3.8, 4) is 0 Å². The van der Waals surface area contributed by atoms with E-state index >= 15 is 0 Å². The molecule has 2 aromatic carbocycles. The first-order valence-corrected chi connectivity index (χ1v) is 14.9. The Hall–Kier alpha value is -3.22. The third-order valence-corrected chi connectivity index (χ3v) is 8.57. The van der Waals surface area contributed by atoms with Crippen LogP contribution in [0, 0.1) is 0 Å². The fourth-order valence-corrected chi connectivity index (χ4v) is 5.64. The molecule has 1 atom stereocenters. The molecule has 0 saturated heterocycles. The zero-order chi connectivity index (χ0) is 30.8. The van der Waals surface area contributed by atoms with E-state index in [0.717, 1.165) is 0 Å². The van der Waals surface area contributed by atoms with Crippen molar-refractivity contribution in [1.29, 1.82) is 0 Å². The maximum absolute atomic E-state index is 14.0. The second-order valence-electron chi connectivity index (χ2n) is 10.7. The van der Waals surface area contributed by atoms with Gasteiger partial charge in [-0.2, -0.15) is 13.2 Å². The van der Waals surface area contributed by atoms with Gasteiger partial charge in [-0.05, 0) is 35.2 Å². The van der Waals surface area contributed by atoms with E-state index in [-0.39, 0.29) is 40.4 Å². The number of aromatic nitrogens is 2. The number of hydrogen-bond donors (Lipinski definition) is 3. The first kappa shape index (κ1) is 32.3. The van der Waals surface area contributed by atoms with Crippen molar-refractivity contribution < 1.29 is 36.6 Å². The molecule has 3 rings (SSSR count). The number of amides is 1. The second kappa shape index (κ2) is 12.3. The first-order valence-electron chi connectivity index (χ1n) is 13.2. The van der Waals surface area contributed by atoms with E-state index in [4.69, 9.17) is 0 Å². The lowest BCUT2D eigenvalue weighted by Gasteiger charge is -2.23. The molecule has 12 heteroatoms. The Morgan fingerprint density at radius 3 is 2.12 bits per heavy atom. The van der Waals surface area contributed by atoms with Gasteiger partial charge in [-0.25, -0.2) is 13.4 Å². The van der Waals surface area contributed by atoms with Gasteiger partial charge in [-0.3, -0.25) is 4.79 Å². The summed E-state index contributed by atoms with van der Waals surface area (Å²) in [5.74, 6) is -0.299. The quantitative estimate of drug-likeness (QED) is 0.316. The molecule has 0 saturated carbocycles. The number of carbonyl (C=O) groups excluding carboxylic acids is 1. The standard InChI is InChI=1S/C29H36F3N3O5S/c1-6-23-25(26(38)33-22(17-37)18-11-13-21(14-12-18)41(39,40)7-2)34-27(28(3,4)5)35(23)15-19-9-8-10-20(16-36)24(19)29(30,31)32/h8-14,22,36-37H,6-7,15-17H2,1-5H3,(H,33,38)/t22-/m1/s1. The number of carbonyl (C=O) groups is 1. The summed E-state index contributed by atoms with van der Waals surface area (Å²) in [6.45, 7) is 7.32. The van der Waals surface area contributed by atoms with E-state index in [9.17, 15) is 36.6 Å². The number of imidazole rings is 1. The fourth-order valence-electron chi connectivity index (χ4n) is 4.76. The van der Waals surface area contributed by atoms with Crippen LogP contribution in [0.25, 0.3) is 0 Å². The number of nitrogens with zero attached hydrogens (tertiary/aromatic N) is 2. The molecule has 1 amide bonds. The predicted molar refractivity (Wildman–Crippen MR) is 148 cm³/mol. The number of nitrogens with one attached hydrogen (secondary N) is 1. The van der Waals surface area contributed by atoms with Crippen molar-refractivity contribution >= 4 is 15.7 Å². The largest absolute Gasteiger partial charge is 0.417 e. The average Bonchev–Trinajstić information content (AvgIpc) is 3.29. The summed E-state index contributed by atoms with van der Waals surface area (Å²) in [6, 6.07) is 8.98. The lowest BCUT2D eigenvalue weighted by Crippen LogP contribution is -2.32. The minimum Gasteiger partial charge on any atom is -0.394 e. The molecule has 41 heavy (non-hydrogen) atoms. The minimum absolute atomic E-state index is 0.0212. The molecule has 0 unspecified atom stereocenters. The molecule has 0 spiro atoms. The van der Waals surface area contributed by atoms with Crippen LogP contribution in [0.1, 0.15) is 84.9 Å². The SMILES string of the molecule is CCc1c(C(=O)N[C@H](CO)c2ccc(S(=O)(=O)CC)cc2)nc(C(C)(C)C)n1Cc1cccc(CO)c1C(F)(F)F. The van der Waals surface area contributed by atoms with Gasteiger partial charge >= 0.3 is 6.18 Å². The Kier molecular flexibility index (Phi) is 9.72. The van der Waals surface area contributed by atoms with Gasteiger partial charge in [0, 0.05) is 12.0 Å². The molecule has 0 bridgehead atoms. The number of aliphatic hydroxyl groups excluding tert-OH is 2. The van der Waals surface area contributed by atoms with Gasteiger partial charge in [-0.1, -0.05) is 65.0 Å². The topological polar surface area (TPSA) is 122 Å². The lowest BCUT2D eigenvalue weighted by atomic mass is 9.95. The monoisotopic (exact) mass is 595 g/mol. The normalized spacial score (nSPS) is 13.3. The summed E-state index contributed by atoms with van der Waals surface area (Å²) in [5.41, 5.74) is -0.968. The molecule has 0 aliphatic heterocycles. The first-order chi connectivity index (χ1) is 19.1. The van der Waals surface area contributed by atoms with Crippen LogP contribution in [0.4, 0.5) is 13.2 Å². The van der Waals surface area contributed by atoms with Gasteiger partial charge in [0.2, 0.25) is 0 Å². The highest BCUT2D eigenvalue weighted by molar-refractivity contribution is 7.91. The van der Waals surface area contributed by atoms with Gasteiger partial charge in [0.15, 0.2) is 9.84 Å². The molecule has 8 nitrogen and oxygen atoms in total. The van der Waals surface area contributed by atoms with Crippen molar-refractivity contribution in [2.45, 2.75) is 76.7 Å². The number of alkyl halides is 3. The second-order valence-corrected chi connectivity index (χ2v) is 13.0. The summed E-state index contributed by atoms with van der Waals surface area (Å²) in [4.78, 5) is 18.2. The third kappa shape index (κ3) is 6.99. The van der Waals surface area contributed by atoms with E-state index in [2.05, 4.69) is 10.3 Å². The van der Waals surface area contributed by atoms with E-state index in [1.165, 1.54) is 49.4 Å². The van der Waals surface area contributed by atoms with Crippen LogP contribution >= 0.6 is 0 Å². The van der Waals surface area contributed by atoms with Crippen molar-refractivity contribution in [2.75, 3.05) is 12.4 Å². The molecule has 0 fully saturated rings. The molecule has 1 heterocycles. The summed E-state index contributed by atoms with van der Waals surface area (Å²) in [7, 11) is -3.43. The predicted octanol–water partition coefficient (Wildman–Crippen LogP) is 4.56. The van der Waals surface area contributed by atoms with Crippen molar-refractivity contribution in [1.82, 2.24) is 14.9 Å². The minimum atomic E-state index is -4.70. The van der Waals surface area contributed by atoms with Crippen LogP contribution in [0.15, 0.2) is 47.4 Å². The Morgan fingerprint density at radius 2 is 1.63 bits per heavy atom. The molecular formula is C29H36F3N3O5S. The van der Waals surface area contributed by atoms with Crippen LogP contribution < -0.4 is 5.32 Å². The van der Waals surface area contributed by atoms with Gasteiger partial charge in [0.1, 0.15) is 11.5 Å². The summed E-state index contributed by atoms with van der Waals surface area (Å²) in [5, 5.41) is 22.3. The van der Waals surface area contributed by atoms with Gasteiger partial charge in [0.25, 0.3) is 5.91 Å². The number of halogens is 3. The zero-order valence-corrected chi connectivity index (χ0v) is 24.5. The zero-order valence-electron chi connectivity index (χ0n) is 23.7. The highest BCUT2D eigenvalue weighted by Crippen LogP contribution is 2.36. The van der Waals surface area contributed by atoms with Crippen molar-refractivity contribution in [2.24, 2.45) is 0 Å². The molecular weight excluding hydrogens is 559 g/mol. The molecule has 224 valence electrons. The summed E-state index contributed by atoms with van der Waals surface area (Å²) >= 11 is 0. The lowest BCUT2D eigenvalue weighted by molar-refractivity contribution is -0.139. The molecule has 0 radical (unpaired) electrons. The van der Waals surface area contributed by atoms with Crippen molar-refractivity contribution in [3.63, 3.8) is 0 Å². The number of rotatable bonds is 10. The van der Waals surface area contributed by atoms with Gasteiger partial charge < -0.3 is 20.1 Å². The molecule has 0 aliphatic carbocycles. The highest BCUT2D eigenvalue weighted by Gasteiger charge is 2.37. The molecule has 3 N–H and O–H groups in total. The molecule has 3 aromatic rings. The summed E-state index contributed by atoms with van der Waals surface area (Å²) < 4.78 is 68.0. The maximum atomic E-state index is 14.0. The smallest absolute Gasteiger partial charge is 0.394 e. The fraction of sp³-hybridized carbons (Fsp3) is 0.448. The van der Waals surface area contributed by atoms with Crippen molar-refractivity contribution in [3.05, 3.63) is 81.9 Å². The van der Waals surface area contributed by atoms with Gasteiger partial charge in [0.05, 0.1) is 41.2 Å². The van der Waals surface area contributed by atoms with Crippen LogP contribution in [-0.4, -0.2) is 46.4 Å².